The van der Waals surface area contributed by atoms with Crippen molar-refractivity contribution >= 4 is 11.8 Å². The lowest BCUT2D eigenvalue weighted by Crippen LogP contribution is -2.38. The molecule has 0 aliphatic heterocycles. The van der Waals surface area contributed by atoms with Crippen LogP contribution in [0, 0.1) is 0 Å². The molecule has 4 nitrogen and oxygen atoms in total. The summed E-state index contributed by atoms with van der Waals surface area (Å²) in [6, 6.07) is 7.51. The Labute approximate surface area is 103 Å². The maximum Gasteiger partial charge on any atom is 0.320 e. The minimum atomic E-state index is -0.534. The Balaban J connectivity index is 2.65. The molecule has 1 aromatic heterocycles. The van der Waals surface area contributed by atoms with Crippen LogP contribution in [-0.2, 0) is 7.05 Å². The van der Waals surface area contributed by atoms with Crippen molar-refractivity contribution in [3.63, 3.8) is 0 Å². The van der Waals surface area contributed by atoms with Crippen LogP contribution < -0.4 is 11.1 Å². The lowest BCUT2D eigenvalue weighted by molar-refractivity contribution is 0.786. The molecule has 0 aliphatic carbocycles. The number of nitrogens with zero attached hydrogens (tertiary/aromatic N) is 2. The summed E-state index contributed by atoms with van der Waals surface area (Å²) < 4.78 is 2.64. The summed E-state index contributed by atoms with van der Waals surface area (Å²) in [5.74, 6) is 0. The van der Waals surface area contributed by atoms with Gasteiger partial charge >= 0.3 is 11.1 Å². The van der Waals surface area contributed by atoms with Crippen molar-refractivity contribution in [2.24, 2.45) is 7.05 Å². The normalized spacial score (nSPS) is 10.5. The van der Waals surface area contributed by atoms with Crippen LogP contribution in [0.4, 0.5) is 0 Å². The quantitative estimate of drug-likeness (QED) is 0.593. The number of hydrogen-bond donors (Lipinski definition) is 0. The highest BCUT2D eigenvalue weighted by Crippen LogP contribution is 2.17. The third kappa shape index (κ3) is 2.19. The lowest BCUT2D eigenvalue weighted by Gasteiger charge is -2.07. The zero-order valence-electron chi connectivity index (χ0n) is 9.58. The Bertz CT molecular complexity index is 658. The van der Waals surface area contributed by atoms with Crippen LogP contribution >= 0.6 is 11.8 Å². The molecular formula is C12H12N2O2S. The van der Waals surface area contributed by atoms with E-state index in [4.69, 9.17) is 0 Å². The van der Waals surface area contributed by atoms with Gasteiger partial charge in [0.2, 0.25) is 0 Å². The van der Waals surface area contributed by atoms with Gasteiger partial charge in [-0.1, -0.05) is 6.07 Å². The van der Waals surface area contributed by atoms with E-state index < -0.39 is 11.1 Å². The monoisotopic (exact) mass is 248 g/mol. The van der Waals surface area contributed by atoms with E-state index >= 15 is 0 Å². The SMILES string of the molecule is CSc1cccc(-n2ccn(C)c(=O)c2=O)c1. The zero-order chi connectivity index (χ0) is 12.4. The first-order valence-electron chi connectivity index (χ1n) is 5.06. The maximum absolute atomic E-state index is 11.8. The molecule has 0 amide bonds. The first-order chi connectivity index (χ1) is 8.13. The smallest absolute Gasteiger partial charge is 0.312 e. The van der Waals surface area contributed by atoms with Crippen LogP contribution in [0.25, 0.3) is 5.69 Å². The highest BCUT2D eigenvalue weighted by atomic mass is 32.2. The van der Waals surface area contributed by atoms with Gasteiger partial charge in [-0.2, -0.15) is 0 Å². The van der Waals surface area contributed by atoms with Gasteiger partial charge in [-0.15, -0.1) is 11.8 Å². The number of aromatic nitrogens is 2. The molecule has 88 valence electrons. The number of thioether (sulfide) groups is 1. The second-order valence-electron chi connectivity index (χ2n) is 3.59. The fourth-order valence-electron chi connectivity index (χ4n) is 1.52. The molecule has 0 saturated carbocycles. The summed E-state index contributed by atoms with van der Waals surface area (Å²) in [4.78, 5) is 24.4. The van der Waals surface area contributed by atoms with Crippen LogP contribution in [0.15, 0.2) is 51.1 Å². The molecule has 0 radical (unpaired) electrons. The molecular weight excluding hydrogens is 236 g/mol. The van der Waals surface area contributed by atoms with E-state index in [9.17, 15) is 9.59 Å². The van der Waals surface area contributed by atoms with Crippen molar-refractivity contribution in [3.05, 3.63) is 57.4 Å². The standard InChI is InChI=1S/C12H12N2O2S/c1-13-6-7-14(12(16)11(13)15)9-4-3-5-10(8-9)17-2/h3-8H,1-2H3. The first-order valence-corrected chi connectivity index (χ1v) is 6.28. The van der Waals surface area contributed by atoms with Gasteiger partial charge in [0.05, 0.1) is 0 Å². The van der Waals surface area contributed by atoms with Crippen molar-refractivity contribution in [3.8, 4) is 5.69 Å². The minimum Gasteiger partial charge on any atom is -0.312 e. The summed E-state index contributed by atoms with van der Waals surface area (Å²) in [5.41, 5.74) is -0.352. The molecule has 1 aromatic carbocycles. The molecule has 0 aliphatic rings. The maximum atomic E-state index is 11.8. The summed E-state index contributed by atoms with van der Waals surface area (Å²) in [7, 11) is 1.56. The second kappa shape index (κ2) is 4.63. The van der Waals surface area contributed by atoms with Gasteiger partial charge in [0.25, 0.3) is 0 Å². The van der Waals surface area contributed by atoms with E-state index in [1.165, 1.54) is 9.13 Å². The average Bonchev–Trinajstić information content (AvgIpc) is 2.36. The van der Waals surface area contributed by atoms with Crippen LogP contribution in [0.3, 0.4) is 0 Å². The van der Waals surface area contributed by atoms with Crippen molar-refractivity contribution in [2.75, 3.05) is 6.26 Å². The first kappa shape index (κ1) is 11.7. The second-order valence-corrected chi connectivity index (χ2v) is 4.47. The Kier molecular flexibility index (Phi) is 3.19. The van der Waals surface area contributed by atoms with Gasteiger partial charge in [0, 0.05) is 30.0 Å². The number of rotatable bonds is 2. The minimum absolute atomic E-state index is 0.526. The summed E-state index contributed by atoms with van der Waals surface area (Å²) in [6.07, 6.45) is 5.14. The van der Waals surface area contributed by atoms with E-state index in [2.05, 4.69) is 0 Å². The highest BCUT2D eigenvalue weighted by molar-refractivity contribution is 7.98. The molecule has 2 aromatic rings. The number of hydrogen-bond acceptors (Lipinski definition) is 3. The Hall–Kier alpha value is -1.75. The van der Waals surface area contributed by atoms with Gasteiger partial charge in [0.15, 0.2) is 0 Å². The molecule has 0 atom stereocenters. The third-order valence-corrected chi connectivity index (χ3v) is 3.22. The van der Waals surface area contributed by atoms with Gasteiger partial charge in [-0.3, -0.25) is 14.2 Å². The molecule has 0 unspecified atom stereocenters. The molecule has 0 fully saturated rings. The predicted octanol–water partition coefficient (Wildman–Crippen LogP) is 1.26. The molecule has 0 saturated heterocycles. The van der Waals surface area contributed by atoms with E-state index in [-0.39, 0.29) is 0 Å². The van der Waals surface area contributed by atoms with Crippen molar-refractivity contribution < 1.29 is 0 Å². The predicted molar refractivity (Wildman–Crippen MR) is 69.1 cm³/mol. The van der Waals surface area contributed by atoms with E-state index in [1.54, 1.807) is 37.3 Å². The molecule has 2 rings (SSSR count). The number of aryl methyl sites for hydroxylation is 1. The van der Waals surface area contributed by atoms with Gasteiger partial charge < -0.3 is 4.57 Å². The average molecular weight is 248 g/mol. The Morgan fingerprint density at radius 2 is 1.88 bits per heavy atom. The molecule has 0 bridgehead atoms. The molecule has 0 N–H and O–H groups in total. The Morgan fingerprint density at radius 1 is 1.12 bits per heavy atom. The topological polar surface area (TPSA) is 44.0 Å². The largest absolute Gasteiger partial charge is 0.320 e. The fraction of sp³-hybridized carbons (Fsp3) is 0.167. The highest BCUT2D eigenvalue weighted by Gasteiger charge is 2.04. The van der Waals surface area contributed by atoms with Crippen molar-refractivity contribution in [2.45, 2.75) is 4.90 Å². The Morgan fingerprint density at radius 3 is 2.59 bits per heavy atom. The van der Waals surface area contributed by atoms with Crippen LogP contribution in [-0.4, -0.2) is 15.4 Å². The van der Waals surface area contributed by atoms with Gasteiger partial charge in [0.1, 0.15) is 0 Å². The van der Waals surface area contributed by atoms with E-state index in [0.29, 0.717) is 5.69 Å². The summed E-state index contributed by atoms with van der Waals surface area (Å²) >= 11 is 1.59. The van der Waals surface area contributed by atoms with Crippen molar-refractivity contribution in [1.29, 1.82) is 0 Å². The van der Waals surface area contributed by atoms with Gasteiger partial charge in [-0.25, -0.2) is 0 Å². The number of benzene rings is 1. The molecule has 0 spiro atoms. The van der Waals surface area contributed by atoms with Crippen LogP contribution in [0.5, 0.6) is 0 Å². The van der Waals surface area contributed by atoms with E-state index in [0.717, 1.165) is 4.90 Å². The van der Waals surface area contributed by atoms with Gasteiger partial charge in [-0.05, 0) is 24.5 Å². The fourth-order valence-corrected chi connectivity index (χ4v) is 1.97. The summed E-state index contributed by atoms with van der Waals surface area (Å²) in [5, 5.41) is 0. The van der Waals surface area contributed by atoms with Crippen LogP contribution in [0.1, 0.15) is 0 Å². The third-order valence-electron chi connectivity index (χ3n) is 2.49. The van der Waals surface area contributed by atoms with Crippen LogP contribution in [0.2, 0.25) is 0 Å². The lowest BCUT2D eigenvalue weighted by atomic mass is 10.3. The van der Waals surface area contributed by atoms with E-state index in [1.807, 2.05) is 24.5 Å². The summed E-state index contributed by atoms with van der Waals surface area (Å²) in [6.45, 7) is 0. The molecule has 17 heavy (non-hydrogen) atoms. The zero-order valence-corrected chi connectivity index (χ0v) is 10.4. The van der Waals surface area contributed by atoms with Crippen molar-refractivity contribution in [1.82, 2.24) is 9.13 Å². The molecule has 5 heteroatoms. The molecule has 1 heterocycles.